The number of H-pyrrole nitrogens is 1. The van der Waals surface area contributed by atoms with Crippen LogP contribution in [-0.2, 0) is 0 Å². The van der Waals surface area contributed by atoms with E-state index in [1.807, 2.05) is 18.2 Å². The Hall–Kier alpha value is -3.55. The van der Waals surface area contributed by atoms with Crippen LogP contribution in [0.5, 0.6) is 11.5 Å². The molecule has 0 unspecified atom stereocenters. The third kappa shape index (κ3) is 3.28. The lowest BCUT2D eigenvalue weighted by Gasteiger charge is -2.29. The van der Waals surface area contributed by atoms with Gasteiger partial charge >= 0.3 is 0 Å². The SMILES string of the molecule is COc1cc2nc([C@@H]3[C@@H](C)CCN3c3ccc(-n4nccn4)[c]c3C)[nH]c2cc1OC. The summed E-state index contributed by atoms with van der Waals surface area (Å²) in [5.74, 6) is 2.77. The number of hydrogen-bond acceptors (Lipinski definition) is 6. The van der Waals surface area contributed by atoms with Crippen molar-refractivity contribution in [3.05, 3.63) is 54.1 Å². The number of aryl methyl sites for hydroxylation is 1. The third-order valence-electron chi connectivity index (χ3n) is 6.03. The molecule has 0 amide bonds. The lowest BCUT2D eigenvalue weighted by atomic mass is 10.0. The number of methoxy groups -OCH3 is 2. The van der Waals surface area contributed by atoms with Crippen LogP contribution in [-0.4, -0.2) is 45.7 Å². The molecule has 0 saturated carbocycles. The molecule has 2 aromatic heterocycles. The second kappa shape index (κ2) is 7.61. The first-order chi connectivity index (χ1) is 15.1. The van der Waals surface area contributed by atoms with E-state index in [1.54, 1.807) is 31.4 Å². The Morgan fingerprint density at radius 3 is 2.55 bits per heavy atom. The fraction of sp³-hybridized carbons (Fsp3) is 0.348. The summed E-state index contributed by atoms with van der Waals surface area (Å²) in [6.07, 6.45) is 4.43. The average Bonchev–Trinajstić information content (AvgIpc) is 3.51. The van der Waals surface area contributed by atoms with Crippen molar-refractivity contribution in [3.63, 3.8) is 0 Å². The first-order valence-electron chi connectivity index (χ1n) is 10.4. The Morgan fingerprint density at radius 1 is 1.10 bits per heavy atom. The van der Waals surface area contributed by atoms with Gasteiger partial charge in [0.15, 0.2) is 11.5 Å². The van der Waals surface area contributed by atoms with Gasteiger partial charge in [-0.1, -0.05) is 6.92 Å². The van der Waals surface area contributed by atoms with Gasteiger partial charge in [0.1, 0.15) is 5.82 Å². The normalized spacial score (nSPS) is 18.6. The lowest BCUT2D eigenvalue weighted by Crippen LogP contribution is -2.26. The van der Waals surface area contributed by atoms with Crippen LogP contribution >= 0.6 is 0 Å². The number of benzene rings is 2. The van der Waals surface area contributed by atoms with Crippen LogP contribution in [0.1, 0.15) is 30.8 Å². The molecular formula is C23H25N6O2. The Labute approximate surface area is 180 Å². The molecule has 1 aliphatic heterocycles. The standard InChI is InChI=1S/C23H25N6O2/c1-14-7-10-28(19-6-5-16(11-15(19)2)29-24-8-9-25-29)22(14)23-26-17-12-20(30-3)21(31-4)13-18(17)27-23/h5-6,8-9,12-14,22H,7,10H2,1-4H3,(H,26,27)/t14-,22-/m0/s1. The summed E-state index contributed by atoms with van der Waals surface area (Å²) in [6, 6.07) is 11.6. The molecule has 1 saturated heterocycles. The van der Waals surface area contributed by atoms with E-state index in [1.165, 1.54) is 0 Å². The van der Waals surface area contributed by atoms with E-state index in [-0.39, 0.29) is 6.04 Å². The summed E-state index contributed by atoms with van der Waals surface area (Å²) in [4.78, 5) is 12.5. The van der Waals surface area contributed by atoms with Crippen molar-refractivity contribution in [2.45, 2.75) is 26.3 Å². The van der Waals surface area contributed by atoms with E-state index in [0.717, 1.165) is 46.8 Å². The van der Waals surface area contributed by atoms with Gasteiger partial charge in [0.2, 0.25) is 0 Å². The van der Waals surface area contributed by atoms with Gasteiger partial charge in [-0.15, -0.1) is 0 Å². The minimum atomic E-state index is 0.144. The minimum Gasteiger partial charge on any atom is -0.493 e. The fourth-order valence-corrected chi connectivity index (χ4v) is 4.48. The zero-order valence-electron chi connectivity index (χ0n) is 18.1. The molecule has 1 radical (unpaired) electrons. The van der Waals surface area contributed by atoms with Crippen LogP contribution in [0.15, 0.2) is 36.7 Å². The first kappa shape index (κ1) is 19.4. The van der Waals surface area contributed by atoms with Gasteiger partial charge in [-0.3, -0.25) is 0 Å². The summed E-state index contributed by atoms with van der Waals surface area (Å²) in [6.45, 7) is 5.32. The molecular weight excluding hydrogens is 392 g/mol. The quantitative estimate of drug-likeness (QED) is 0.531. The second-order valence-electron chi connectivity index (χ2n) is 7.92. The number of aromatic amines is 1. The van der Waals surface area contributed by atoms with E-state index in [9.17, 15) is 0 Å². The summed E-state index contributed by atoms with van der Waals surface area (Å²) in [5.41, 5.74) is 4.86. The average molecular weight is 417 g/mol. The number of ether oxygens (including phenoxy) is 2. The maximum Gasteiger partial charge on any atom is 0.163 e. The van der Waals surface area contributed by atoms with Crippen molar-refractivity contribution >= 4 is 16.7 Å². The number of nitrogens with zero attached hydrogens (tertiary/aromatic N) is 5. The van der Waals surface area contributed by atoms with Gasteiger partial charge in [0.05, 0.1) is 49.4 Å². The van der Waals surface area contributed by atoms with E-state index >= 15 is 0 Å². The van der Waals surface area contributed by atoms with E-state index in [2.05, 4.69) is 46.1 Å². The van der Waals surface area contributed by atoms with Crippen molar-refractivity contribution in [3.8, 4) is 17.2 Å². The molecule has 5 rings (SSSR count). The molecule has 1 N–H and O–H groups in total. The molecule has 1 aliphatic rings. The summed E-state index contributed by atoms with van der Waals surface area (Å²) in [5, 5.41) is 8.41. The van der Waals surface area contributed by atoms with Crippen LogP contribution < -0.4 is 14.4 Å². The van der Waals surface area contributed by atoms with Gasteiger partial charge < -0.3 is 19.4 Å². The van der Waals surface area contributed by atoms with E-state index < -0.39 is 0 Å². The molecule has 159 valence electrons. The highest BCUT2D eigenvalue weighted by Crippen LogP contribution is 2.41. The molecule has 4 aromatic rings. The zero-order chi connectivity index (χ0) is 21.5. The molecule has 2 aromatic carbocycles. The Bertz CT molecular complexity index is 1180. The number of anilines is 1. The van der Waals surface area contributed by atoms with Crippen molar-refractivity contribution < 1.29 is 9.47 Å². The number of fused-ring (bicyclic) bond motifs is 1. The van der Waals surface area contributed by atoms with E-state index in [0.29, 0.717) is 17.4 Å². The predicted octanol–water partition coefficient (Wildman–Crippen LogP) is 3.86. The zero-order valence-corrected chi connectivity index (χ0v) is 18.1. The highest BCUT2D eigenvalue weighted by Gasteiger charge is 2.35. The van der Waals surface area contributed by atoms with Crippen LogP contribution in [0.4, 0.5) is 5.69 Å². The maximum absolute atomic E-state index is 5.45. The highest BCUT2D eigenvalue weighted by molar-refractivity contribution is 5.80. The predicted molar refractivity (Wildman–Crippen MR) is 118 cm³/mol. The summed E-state index contributed by atoms with van der Waals surface area (Å²) >= 11 is 0. The number of nitrogens with one attached hydrogen (secondary N) is 1. The van der Waals surface area contributed by atoms with Crippen molar-refractivity contribution in [2.24, 2.45) is 5.92 Å². The first-order valence-corrected chi connectivity index (χ1v) is 10.4. The molecule has 0 spiro atoms. The molecule has 1 fully saturated rings. The molecule has 0 bridgehead atoms. The monoisotopic (exact) mass is 417 g/mol. The van der Waals surface area contributed by atoms with E-state index in [4.69, 9.17) is 14.5 Å². The smallest absolute Gasteiger partial charge is 0.163 e. The van der Waals surface area contributed by atoms with Gasteiger partial charge in [0, 0.05) is 30.4 Å². The van der Waals surface area contributed by atoms with Crippen molar-refractivity contribution in [2.75, 3.05) is 25.7 Å². The highest BCUT2D eigenvalue weighted by atomic mass is 16.5. The maximum atomic E-state index is 5.45. The molecule has 8 nitrogen and oxygen atoms in total. The molecule has 31 heavy (non-hydrogen) atoms. The Kier molecular flexibility index (Phi) is 4.77. The second-order valence-corrected chi connectivity index (χ2v) is 7.92. The Morgan fingerprint density at radius 2 is 1.84 bits per heavy atom. The van der Waals surface area contributed by atoms with Crippen molar-refractivity contribution in [1.29, 1.82) is 0 Å². The van der Waals surface area contributed by atoms with Crippen LogP contribution in [0.2, 0.25) is 0 Å². The van der Waals surface area contributed by atoms with Crippen LogP contribution in [0.3, 0.4) is 0 Å². The van der Waals surface area contributed by atoms with Gasteiger partial charge in [-0.25, -0.2) is 4.98 Å². The van der Waals surface area contributed by atoms with Gasteiger partial charge in [-0.2, -0.15) is 15.0 Å². The van der Waals surface area contributed by atoms with Gasteiger partial charge in [-0.05, 0) is 37.0 Å². The third-order valence-corrected chi connectivity index (χ3v) is 6.03. The molecule has 3 heterocycles. The largest absolute Gasteiger partial charge is 0.493 e. The number of aromatic nitrogens is 5. The summed E-state index contributed by atoms with van der Waals surface area (Å²) < 4.78 is 10.9. The summed E-state index contributed by atoms with van der Waals surface area (Å²) in [7, 11) is 3.28. The fourth-order valence-electron chi connectivity index (χ4n) is 4.48. The molecule has 8 heteroatoms. The topological polar surface area (TPSA) is 81.1 Å². The number of rotatable bonds is 5. The van der Waals surface area contributed by atoms with Crippen LogP contribution in [0, 0.1) is 18.9 Å². The Balaban J connectivity index is 1.53. The number of imidazole rings is 1. The molecule has 2 atom stereocenters. The van der Waals surface area contributed by atoms with Gasteiger partial charge in [0.25, 0.3) is 0 Å². The van der Waals surface area contributed by atoms with Crippen molar-refractivity contribution in [1.82, 2.24) is 25.0 Å². The molecule has 0 aliphatic carbocycles. The lowest BCUT2D eigenvalue weighted by molar-refractivity contribution is 0.356. The number of hydrogen-bond donors (Lipinski definition) is 1. The minimum absolute atomic E-state index is 0.144. The van der Waals surface area contributed by atoms with Crippen LogP contribution in [0.25, 0.3) is 16.7 Å².